The molecule has 8 nitrogen and oxygen atoms in total. The fraction of sp³-hybridized carbons (Fsp3) is 0.200. The molecule has 2 aromatic heterocycles. The van der Waals surface area contributed by atoms with E-state index in [9.17, 15) is 9.59 Å². The summed E-state index contributed by atoms with van der Waals surface area (Å²) in [7, 11) is 1.56. The number of methoxy groups -OCH3 is 1. The molecule has 2 aromatic carbocycles. The van der Waals surface area contributed by atoms with Gasteiger partial charge >= 0.3 is 0 Å². The van der Waals surface area contributed by atoms with Crippen LogP contribution in [0.25, 0.3) is 22.4 Å². The van der Waals surface area contributed by atoms with Crippen LogP contribution in [0.5, 0.6) is 5.75 Å². The second-order valence-electron chi connectivity index (χ2n) is 6.52. The van der Waals surface area contributed by atoms with E-state index in [0.29, 0.717) is 39.0 Å². The summed E-state index contributed by atoms with van der Waals surface area (Å²) in [5, 5.41) is 9.67. The molecule has 0 aliphatic rings. The first-order valence-electron chi connectivity index (χ1n) is 8.96. The van der Waals surface area contributed by atoms with Crippen molar-refractivity contribution in [3.8, 4) is 11.4 Å². The topological polar surface area (TPSA) is 105 Å². The molecule has 0 aliphatic carbocycles. The number of carbonyl (C=O) groups excluding carboxylic acids is 1. The third-order valence-electron chi connectivity index (χ3n) is 4.55. The third-order valence-corrected chi connectivity index (χ3v) is 5.48. The van der Waals surface area contributed by atoms with E-state index in [0.717, 1.165) is 5.56 Å². The van der Waals surface area contributed by atoms with E-state index in [1.165, 1.54) is 16.3 Å². The van der Waals surface area contributed by atoms with Crippen molar-refractivity contribution in [1.29, 1.82) is 0 Å². The Kier molecular flexibility index (Phi) is 4.98. The van der Waals surface area contributed by atoms with E-state index in [2.05, 4.69) is 10.2 Å². The lowest BCUT2D eigenvalue weighted by Gasteiger charge is -2.14. The highest BCUT2D eigenvalue weighted by Gasteiger charge is 2.20. The van der Waals surface area contributed by atoms with Crippen LogP contribution in [0.1, 0.15) is 12.0 Å². The lowest BCUT2D eigenvalue weighted by atomic mass is 10.2. The van der Waals surface area contributed by atoms with E-state index in [1.807, 2.05) is 47.7 Å². The summed E-state index contributed by atoms with van der Waals surface area (Å²) >= 11 is 1.36. The molecule has 0 saturated heterocycles. The molecule has 0 bridgehead atoms. The Morgan fingerprint density at radius 2 is 2.00 bits per heavy atom. The van der Waals surface area contributed by atoms with E-state index in [4.69, 9.17) is 10.5 Å². The van der Waals surface area contributed by atoms with E-state index in [1.54, 1.807) is 13.2 Å². The molecule has 0 atom stereocenters. The van der Waals surface area contributed by atoms with Crippen molar-refractivity contribution in [3.05, 3.63) is 58.4 Å². The Bertz CT molecular complexity index is 1290. The Morgan fingerprint density at radius 3 is 2.76 bits per heavy atom. The largest absolute Gasteiger partial charge is 0.495 e. The fourth-order valence-corrected chi connectivity index (χ4v) is 4.10. The molecule has 0 aliphatic heterocycles. The monoisotopic (exact) mass is 409 g/mol. The number of para-hydroxylation sites is 1. The van der Waals surface area contributed by atoms with Gasteiger partial charge in [-0.2, -0.15) is 0 Å². The molecule has 4 aromatic rings. The first kappa shape index (κ1) is 19.0. The summed E-state index contributed by atoms with van der Waals surface area (Å²) in [5.74, 6) is 1.02. The average molecular weight is 409 g/mol. The number of amides is 1. The van der Waals surface area contributed by atoms with Gasteiger partial charge in [-0.15, -0.1) is 10.2 Å². The molecule has 1 amide bonds. The number of nitrogens with two attached hydrogens (primary N) is 1. The standard InChI is InChI=1S/C20H19N5O3S/c1-12-7-8-16(28-2)15(11-12)24-18(27)13-5-3-4-6-14(13)25-19(24)22-23-20(25)29-10-9-17(21)26/h3-8,11H,9-10H2,1-2H3,(H2,21,26). The highest BCUT2D eigenvalue weighted by molar-refractivity contribution is 7.99. The molecule has 9 heteroatoms. The van der Waals surface area contributed by atoms with Crippen molar-refractivity contribution in [2.45, 2.75) is 18.5 Å². The molecular formula is C20H19N5O3S. The van der Waals surface area contributed by atoms with Crippen LogP contribution in [0.15, 0.2) is 52.4 Å². The van der Waals surface area contributed by atoms with Gasteiger partial charge in [0.05, 0.1) is 23.7 Å². The second-order valence-corrected chi connectivity index (χ2v) is 7.58. The number of nitrogens with zero attached hydrogens (tertiary/aromatic N) is 4. The molecule has 0 radical (unpaired) electrons. The van der Waals surface area contributed by atoms with Gasteiger partial charge < -0.3 is 10.5 Å². The van der Waals surface area contributed by atoms with Gasteiger partial charge in [-0.05, 0) is 36.8 Å². The summed E-state index contributed by atoms with van der Waals surface area (Å²) in [4.78, 5) is 24.5. The fourth-order valence-electron chi connectivity index (χ4n) is 3.21. The van der Waals surface area contributed by atoms with Gasteiger partial charge in [-0.1, -0.05) is 30.0 Å². The van der Waals surface area contributed by atoms with Gasteiger partial charge in [0, 0.05) is 12.2 Å². The first-order valence-corrected chi connectivity index (χ1v) is 9.95. The number of primary amides is 1. The SMILES string of the molecule is COc1ccc(C)cc1-n1c(=O)c2ccccc2n2c(SCCC(N)=O)nnc12. The third kappa shape index (κ3) is 3.33. The summed E-state index contributed by atoms with van der Waals surface area (Å²) in [6.45, 7) is 1.95. The predicted molar refractivity (Wildman–Crippen MR) is 112 cm³/mol. The zero-order chi connectivity index (χ0) is 20.5. The highest BCUT2D eigenvalue weighted by atomic mass is 32.2. The quantitative estimate of drug-likeness (QED) is 0.490. The molecule has 2 heterocycles. The van der Waals surface area contributed by atoms with Crippen LogP contribution in [0.4, 0.5) is 0 Å². The maximum absolute atomic E-state index is 13.4. The van der Waals surface area contributed by atoms with Crippen LogP contribution in [-0.4, -0.2) is 37.9 Å². The number of hydrogen-bond donors (Lipinski definition) is 1. The Balaban J connectivity index is 2.04. The minimum Gasteiger partial charge on any atom is -0.495 e. The zero-order valence-corrected chi connectivity index (χ0v) is 16.8. The number of hydrogen-bond acceptors (Lipinski definition) is 6. The number of ether oxygens (including phenoxy) is 1. The van der Waals surface area contributed by atoms with Gasteiger partial charge in [0.1, 0.15) is 5.75 Å². The normalized spacial score (nSPS) is 11.2. The molecule has 4 rings (SSSR count). The van der Waals surface area contributed by atoms with E-state index < -0.39 is 0 Å². The molecule has 0 fully saturated rings. The van der Waals surface area contributed by atoms with Crippen LogP contribution in [-0.2, 0) is 4.79 Å². The first-order chi connectivity index (χ1) is 14.0. The van der Waals surface area contributed by atoms with E-state index >= 15 is 0 Å². The Hall–Kier alpha value is -3.33. The molecule has 0 unspecified atom stereocenters. The van der Waals surface area contributed by atoms with E-state index in [-0.39, 0.29) is 17.9 Å². The van der Waals surface area contributed by atoms with Crippen molar-refractivity contribution < 1.29 is 9.53 Å². The second kappa shape index (κ2) is 7.59. The maximum Gasteiger partial charge on any atom is 0.267 e. The zero-order valence-electron chi connectivity index (χ0n) is 16.0. The van der Waals surface area contributed by atoms with Crippen molar-refractivity contribution in [2.24, 2.45) is 5.73 Å². The summed E-state index contributed by atoms with van der Waals surface area (Å²) < 4.78 is 8.83. The minimum absolute atomic E-state index is 0.210. The van der Waals surface area contributed by atoms with Gasteiger partial charge in [0.25, 0.3) is 5.56 Å². The smallest absolute Gasteiger partial charge is 0.267 e. The number of thioether (sulfide) groups is 1. The average Bonchev–Trinajstić information content (AvgIpc) is 3.12. The molecule has 0 saturated carbocycles. The number of fused-ring (bicyclic) bond motifs is 3. The summed E-state index contributed by atoms with van der Waals surface area (Å²) in [6, 6.07) is 12.9. The van der Waals surface area contributed by atoms with Crippen LogP contribution in [0, 0.1) is 6.92 Å². The molecular weight excluding hydrogens is 390 g/mol. The molecule has 0 spiro atoms. The van der Waals surface area contributed by atoms with Crippen LogP contribution in [0.2, 0.25) is 0 Å². The van der Waals surface area contributed by atoms with Gasteiger partial charge in [-0.3, -0.25) is 14.0 Å². The number of carbonyl (C=O) groups is 1. The van der Waals surface area contributed by atoms with Gasteiger partial charge in [0.2, 0.25) is 11.7 Å². The molecule has 29 heavy (non-hydrogen) atoms. The van der Waals surface area contributed by atoms with Crippen molar-refractivity contribution >= 4 is 34.3 Å². The van der Waals surface area contributed by atoms with Gasteiger partial charge in [-0.25, -0.2) is 4.57 Å². The number of aryl methyl sites for hydroxylation is 1. The van der Waals surface area contributed by atoms with Crippen molar-refractivity contribution in [2.75, 3.05) is 12.9 Å². The predicted octanol–water partition coefficient (Wildman–Crippen LogP) is 2.32. The Morgan fingerprint density at radius 1 is 1.21 bits per heavy atom. The molecule has 2 N–H and O–H groups in total. The maximum atomic E-state index is 13.4. The number of benzene rings is 2. The van der Waals surface area contributed by atoms with Crippen LogP contribution >= 0.6 is 11.8 Å². The molecule has 148 valence electrons. The number of rotatable bonds is 6. The summed E-state index contributed by atoms with van der Waals surface area (Å²) in [6.07, 6.45) is 0.225. The number of aromatic nitrogens is 4. The summed E-state index contributed by atoms with van der Waals surface area (Å²) in [5.41, 5.74) is 7.31. The lowest BCUT2D eigenvalue weighted by Crippen LogP contribution is -2.22. The van der Waals surface area contributed by atoms with Crippen molar-refractivity contribution in [1.82, 2.24) is 19.2 Å². The lowest BCUT2D eigenvalue weighted by molar-refractivity contribution is -0.117. The van der Waals surface area contributed by atoms with Crippen molar-refractivity contribution in [3.63, 3.8) is 0 Å². The van der Waals surface area contributed by atoms with Crippen LogP contribution < -0.4 is 16.0 Å². The van der Waals surface area contributed by atoms with Gasteiger partial charge in [0.15, 0.2) is 5.16 Å². The Labute approximate surface area is 170 Å². The van der Waals surface area contributed by atoms with Crippen LogP contribution in [0.3, 0.4) is 0 Å². The minimum atomic E-state index is -0.377. The highest BCUT2D eigenvalue weighted by Crippen LogP contribution is 2.28.